The van der Waals surface area contributed by atoms with Crippen molar-refractivity contribution in [2.45, 2.75) is 19.3 Å². The van der Waals surface area contributed by atoms with Crippen LogP contribution >= 0.6 is 27.3 Å². The molecule has 1 fully saturated rings. The molecular formula is C18H22BrN5O3S. The predicted molar refractivity (Wildman–Crippen MR) is 111 cm³/mol. The highest BCUT2D eigenvalue weighted by Crippen LogP contribution is 2.29. The van der Waals surface area contributed by atoms with Crippen LogP contribution in [0.3, 0.4) is 0 Å². The van der Waals surface area contributed by atoms with Crippen LogP contribution in [0.15, 0.2) is 28.3 Å². The fourth-order valence-electron chi connectivity index (χ4n) is 2.94. The van der Waals surface area contributed by atoms with Gasteiger partial charge in [-0.25, -0.2) is 14.8 Å². The van der Waals surface area contributed by atoms with E-state index >= 15 is 0 Å². The van der Waals surface area contributed by atoms with Gasteiger partial charge < -0.3 is 20.6 Å². The Morgan fingerprint density at radius 1 is 1.25 bits per heavy atom. The van der Waals surface area contributed by atoms with E-state index in [9.17, 15) is 9.59 Å². The van der Waals surface area contributed by atoms with Gasteiger partial charge in [-0.15, -0.1) is 11.3 Å². The predicted octanol–water partition coefficient (Wildman–Crippen LogP) is 2.71. The summed E-state index contributed by atoms with van der Waals surface area (Å²) >= 11 is 4.96. The van der Waals surface area contributed by atoms with E-state index in [1.165, 1.54) is 0 Å². The average Bonchev–Trinajstić information content (AvgIpc) is 3.15. The lowest BCUT2D eigenvalue weighted by Crippen LogP contribution is -2.44. The van der Waals surface area contributed by atoms with Crippen molar-refractivity contribution >= 4 is 44.9 Å². The molecule has 2 aromatic rings. The van der Waals surface area contributed by atoms with Gasteiger partial charge >= 0.3 is 6.03 Å². The number of thiophene rings is 1. The lowest BCUT2D eigenvalue weighted by Gasteiger charge is -2.31. The van der Waals surface area contributed by atoms with E-state index in [1.807, 2.05) is 12.1 Å². The first-order chi connectivity index (χ1) is 13.6. The molecule has 3 heterocycles. The summed E-state index contributed by atoms with van der Waals surface area (Å²) < 4.78 is 1.01. The van der Waals surface area contributed by atoms with Gasteiger partial charge in [-0.1, -0.05) is 0 Å². The third-order valence-electron chi connectivity index (χ3n) is 4.48. The molecule has 0 bridgehead atoms. The molecule has 3 N–H and O–H groups in total. The highest BCUT2D eigenvalue weighted by Gasteiger charge is 2.27. The number of aliphatic hydroxyl groups excluding tert-OH is 1. The number of urea groups is 1. The maximum atomic E-state index is 12.4. The summed E-state index contributed by atoms with van der Waals surface area (Å²) in [5.41, 5.74) is 0.535. The van der Waals surface area contributed by atoms with Crippen LogP contribution in [0.5, 0.6) is 0 Å². The molecule has 1 aliphatic heterocycles. The Balaban J connectivity index is 1.47. The van der Waals surface area contributed by atoms with E-state index < -0.39 is 0 Å². The molecular weight excluding hydrogens is 446 g/mol. The lowest BCUT2D eigenvalue weighted by atomic mass is 9.96. The third kappa shape index (κ3) is 5.49. The minimum absolute atomic E-state index is 0.00212. The fraction of sp³-hybridized carbons (Fsp3) is 0.444. The van der Waals surface area contributed by atoms with E-state index in [2.05, 4.69) is 36.5 Å². The van der Waals surface area contributed by atoms with Gasteiger partial charge in [-0.3, -0.25) is 4.79 Å². The summed E-state index contributed by atoms with van der Waals surface area (Å²) in [5, 5.41) is 14.4. The van der Waals surface area contributed by atoms with Crippen LogP contribution in [0, 0.1) is 5.92 Å². The molecule has 0 radical (unpaired) electrons. The molecule has 2 aromatic heterocycles. The number of aromatic nitrogens is 2. The van der Waals surface area contributed by atoms with Crippen LogP contribution in [0.4, 0.5) is 10.5 Å². The fourth-order valence-corrected chi connectivity index (χ4v) is 4.27. The van der Waals surface area contributed by atoms with E-state index in [4.69, 9.17) is 5.11 Å². The average molecular weight is 468 g/mol. The largest absolute Gasteiger partial charge is 0.396 e. The number of anilines is 1. The van der Waals surface area contributed by atoms with Crippen molar-refractivity contribution in [2.75, 3.05) is 31.6 Å². The number of halogens is 1. The number of hydrogen-bond acceptors (Lipinski definition) is 6. The van der Waals surface area contributed by atoms with Crippen LogP contribution in [0.25, 0.3) is 10.7 Å². The third-order valence-corrected chi connectivity index (χ3v) is 6.10. The SMILES string of the molecule is O=C(NCCCO)C1CCN(C(=O)Nc2cnc(-c3ccc(Br)s3)nc2)CC1. The molecule has 0 unspecified atom stereocenters. The zero-order valence-electron chi connectivity index (χ0n) is 15.2. The number of rotatable bonds is 6. The van der Waals surface area contributed by atoms with E-state index in [1.54, 1.807) is 28.6 Å². The molecule has 1 saturated heterocycles. The molecule has 0 saturated carbocycles. The van der Waals surface area contributed by atoms with E-state index in [0.717, 1.165) is 8.66 Å². The number of carbonyl (C=O) groups excluding carboxylic acids is 2. The Morgan fingerprint density at radius 2 is 1.96 bits per heavy atom. The second-order valence-corrected chi connectivity index (χ2v) is 8.92. The Hall–Kier alpha value is -2.04. The number of amides is 3. The van der Waals surface area contributed by atoms with E-state index in [0.29, 0.717) is 50.4 Å². The molecule has 0 aliphatic carbocycles. The van der Waals surface area contributed by atoms with Crippen LogP contribution in [-0.4, -0.2) is 58.2 Å². The first kappa shape index (κ1) is 20.7. The standard InChI is InChI=1S/C18H22BrN5O3S/c19-15-3-2-14(28-15)16-21-10-13(11-22-16)23-18(27)24-7-4-12(5-8-24)17(26)20-6-1-9-25/h2-3,10-12,25H,1,4-9H2,(H,20,26)(H,23,27). The number of nitrogens with one attached hydrogen (secondary N) is 2. The van der Waals surface area contributed by atoms with Gasteiger partial charge in [0.05, 0.1) is 26.7 Å². The number of aliphatic hydroxyl groups is 1. The Labute approximate surface area is 175 Å². The van der Waals surface area contributed by atoms with Crippen molar-refractivity contribution in [3.63, 3.8) is 0 Å². The number of nitrogens with zero attached hydrogens (tertiary/aromatic N) is 3. The molecule has 1 aliphatic rings. The van der Waals surface area contributed by atoms with Crippen LogP contribution in [-0.2, 0) is 4.79 Å². The summed E-state index contributed by atoms with van der Waals surface area (Å²) in [4.78, 5) is 35.8. The summed E-state index contributed by atoms with van der Waals surface area (Å²) in [7, 11) is 0. The van der Waals surface area contributed by atoms with Crippen molar-refractivity contribution in [3.05, 3.63) is 28.3 Å². The Bertz CT molecular complexity index is 806. The molecule has 0 aromatic carbocycles. The molecule has 3 rings (SSSR count). The highest BCUT2D eigenvalue weighted by atomic mass is 79.9. The maximum Gasteiger partial charge on any atom is 0.321 e. The quantitative estimate of drug-likeness (QED) is 0.566. The summed E-state index contributed by atoms with van der Waals surface area (Å²) in [5.74, 6) is 0.523. The Morgan fingerprint density at radius 3 is 2.57 bits per heavy atom. The minimum atomic E-state index is -0.214. The number of hydrogen-bond donors (Lipinski definition) is 3. The molecule has 28 heavy (non-hydrogen) atoms. The zero-order chi connectivity index (χ0) is 19.9. The van der Waals surface area contributed by atoms with Gasteiger partial charge in [0.25, 0.3) is 0 Å². The molecule has 8 nitrogen and oxygen atoms in total. The summed E-state index contributed by atoms with van der Waals surface area (Å²) in [6.45, 7) is 1.58. The van der Waals surface area contributed by atoms with Gasteiger partial charge in [0.15, 0.2) is 5.82 Å². The van der Waals surface area contributed by atoms with Crippen LogP contribution < -0.4 is 10.6 Å². The molecule has 0 spiro atoms. The maximum absolute atomic E-state index is 12.4. The van der Waals surface area contributed by atoms with Crippen molar-refractivity contribution in [2.24, 2.45) is 5.92 Å². The van der Waals surface area contributed by atoms with Crippen LogP contribution in [0.1, 0.15) is 19.3 Å². The van der Waals surface area contributed by atoms with Crippen molar-refractivity contribution in [1.82, 2.24) is 20.2 Å². The zero-order valence-corrected chi connectivity index (χ0v) is 17.6. The van der Waals surface area contributed by atoms with Gasteiger partial charge in [-0.05, 0) is 47.3 Å². The highest BCUT2D eigenvalue weighted by molar-refractivity contribution is 9.11. The molecule has 150 valence electrons. The molecule has 3 amide bonds. The van der Waals surface area contributed by atoms with Crippen molar-refractivity contribution < 1.29 is 14.7 Å². The minimum Gasteiger partial charge on any atom is -0.396 e. The first-order valence-electron chi connectivity index (χ1n) is 9.09. The first-order valence-corrected chi connectivity index (χ1v) is 10.7. The van der Waals surface area contributed by atoms with Gasteiger partial charge in [0.2, 0.25) is 5.91 Å². The van der Waals surface area contributed by atoms with Gasteiger partial charge in [0, 0.05) is 32.2 Å². The second-order valence-electron chi connectivity index (χ2n) is 6.46. The molecule has 0 atom stereocenters. The van der Waals surface area contributed by atoms with Crippen molar-refractivity contribution in [1.29, 1.82) is 0 Å². The number of piperidine rings is 1. The van der Waals surface area contributed by atoms with Gasteiger partial charge in [0.1, 0.15) is 0 Å². The number of carbonyl (C=O) groups is 2. The van der Waals surface area contributed by atoms with Crippen LogP contribution in [0.2, 0.25) is 0 Å². The lowest BCUT2D eigenvalue weighted by molar-refractivity contribution is -0.126. The molecule has 10 heteroatoms. The monoisotopic (exact) mass is 467 g/mol. The second kappa shape index (κ2) is 9.94. The summed E-state index contributed by atoms with van der Waals surface area (Å²) in [6.07, 6.45) is 4.99. The smallest absolute Gasteiger partial charge is 0.321 e. The summed E-state index contributed by atoms with van der Waals surface area (Å²) in [6, 6.07) is 3.66. The van der Waals surface area contributed by atoms with E-state index in [-0.39, 0.29) is 24.5 Å². The normalized spacial score (nSPS) is 14.7. The Kier molecular flexibility index (Phi) is 7.35. The number of likely N-dealkylation sites (tertiary alicyclic amines) is 1. The van der Waals surface area contributed by atoms with Crippen molar-refractivity contribution in [3.8, 4) is 10.7 Å². The topological polar surface area (TPSA) is 107 Å². The van der Waals surface area contributed by atoms with Gasteiger partial charge in [-0.2, -0.15) is 0 Å².